The molecule has 0 amide bonds. The second kappa shape index (κ2) is 9.49. The molecule has 7 rings (SSSR count). The van der Waals surface area contributed by atoms with E-state index >= 15 is 0 Å². The van der Waals surface area contributed by atoms with Gasteiger partial charge >= 0.3 is 0 Å². The Balaban J connectivity index is 1.34. The lowest BCUT2D eigenvalue weighted by atomic mass is 9.77. The number of nitrogens with zero attached hydrogens (tertiary/aromatic N) is 4. The maximum atomic E-state index is 8.12. The normalized spacial score (nSPS) is 15.1. The lowest BCUT2D eigenvalue weighted by Gasteiger charge is -2.28. The summed E-state index contributed by atoms with van der Waals surface area (Å²) >= 11 is 0. The lowest BCUT2D eigenvalue weighted by Crippen LogP contribution is -2.25. The summed E-state index contributed by atoms with van der Waals surface area (Å²) in [5.74, 6) is 0.914. The minimum atomic E-state index is -2.23. The fraction of sp³-hybridized carbons (Fsp3) is 0.237. The Hall–Kier alpha value is -4.57. The third-order valence-corrected chi connectivity index (χ3v) is 8.86. The quantitative estimate of drug-likeness (QED) is 0.217. The Labute approximate surface area is 253 Å². The van der Waals surface area contributed by atoms with Gasteiger partial charge in [-0.3, -0.25) is 4.57 Å². The largest absolute Gasteiger partial charge is 0.355 e. The molecule has 4 aromatic carbocycles. The van der Waals surface area contributed by atoms with Crippen molar-refractivity contribution in [1.82, 2.24) is 9.55 Å². The van der Waals surface area contributed by atoms with Gasteiger partial charge in [-0.05, 0) is 70.6 Å². The van der Waals surface area contributed by atoms with Crippen LogP contribution in [0, 0.1) is 0 Å². The molecule has 0 aliphatic carbocycles. The number of fused-ring (bicyclic) bond motifs is 4. The first-order valence-electron chi connectivity index (χ1n) is 16.1. The highest BCUT2D eigenvalue weighted by molar-refractivity contribution is 6.09. The fourth-order valence-electron chi connectivity index (χ4n) is 6.28. The number of aromatic nitrogens is 2. The van der Waals surface area contributed by atoms with Crippen LogP contribution in [0.5, 0.6) is 0 Å². The summed E-state index contributed by atoms with van der Waals surface area (Å²) in [6, 6.07) is 35.9. The monoisotopic (exact) mass is 553 g/mol. The van der Waals surface area contributed by atoms with E-state index in [-0.39, 0.29) is 17.5 Å². The molecule has 0 fully saturated rings. The van der Waals surface area contributed by atoms with E-state index in [0.29, 0.717) is 0 Å². The van der Waals surface area contributed by atoms with Crippen LogP contribution in [0.3, 0.4) is 0 Å². The number of hydrogen-bond acceptors (Lipinski definition) is 3. The zero-order valence-corrected chi connectivity index (χ0v) is 24.9. The summed E-state index contributed by atoms with van der Waals surface area (Å²) in [5.41, 5.74) is 8.11. The molecule has 1 aliphatic rings. The summed E-state index contributed by atoms with van der Waals surface area (Å²) in [6.45, 7) is 9.25. The molecule has 0 bridgehead atoms. The Morgan fingerprint density at radius 3 is 2.21 bits per heavy atom. The van der Waals surface area contributed by atoms with E-state index in [1.54, 1.807) is 0 Å². The highest BCUT2D eigenvalue weighted by Crippen LogP contribution is 2.42. The van der Waals surface area contributed by atoms with Crippen molar-refractivity contribution in [3.8, 4) is 5.82 Å². The molecule has 0 saturated carbocycles. The minimum Gasteiger partial charge on any atom is -0.355 e. The van der Waals surface area contributed by atoms with Crippen LogP contribution < -0.4 is 9.80 Å². The van der Waals surface area contributed by atoms with Crippen molar-refractivity contribution >= 4 is 38.9 Å². The molecule has 210 valence electrons. The average molecular weight is 554 g/mol. The van der Waals surface area contributed by atoms with Crippen LogP contribution >= 0.6 is 0 Å². The van der Waals surface area contributed by atoms with Crippen LogP contribution in [0.15, 0.2) is 109 Å². The van der Waals surface area contributed by atoms with Crippen LogP contribution in [0.4, 0.5) is 17.1 Å². The molecule has 0 unspecified atom stereocenters. The fourth-order valence-corrected chi connectivity index (χ4v) is 6.28. The van der Waals surface area contributed by atoms with Crippen LogP contribution in [0.25, 0.3) is 27.6 Å². The molecule has 6 aromatic rings. The van der Waals surface area contributed by atoms with Crippen LogP contribution in [0.1, 0.15) is 55.4 Å². The summed E-state index contributed by atoms with van der Waals surface area (Å²) in [4.78, 5) is 8.45. The molecule has 3 heterocycles. The summed E-state index contributed by atoms with van der Waals surface area (Å²) in [6.07, 6.45) is 1.92. The molecule has 0 atom stereocenters. The topological polar surface area (TPSA) is 24.3 Å². The van der Waals surface area contributed by atoms with Gasteiger partial charge in [0.25, 0.3) is 0 Å². The SMILES string of the molecule is [2H]C([2H])([2H])N1CN(c2cccc(C(C)(C)c3ccc4c5ccccc5n(-c5cc(C(C)(C)C)ccn5)c4c3)c2)c2ccccc21. The molecule has 2 aromatic heterocycles. The zero-order valence-electron chi connectivity index (χ0n) is 27.9. The molecule has 1 aliphatic heterocycles. The van der Waals surface area contributed by atoms with Gasteiger partial charge < -0.3 is 9.80 Å². The summed E-state index contributed by atoms with van der Waals surface area (Å²) < 4.78 is 26.7. The zero-order chi connectivity index (χ0) is 31.7. The smallest absolute Gasteiger partial charge is 0.137 e. The van der Waals surface area contributed by atoms with Crippen molar-refractivity contribution in [2.24, 2.45) is 0 Å². The molecular weight excluding hydrogens is 512 g/mol. The van der Waals surface area contributed by atoms with Crippen molar-refractivity contribution < 1.29 is 4.11 Å². The van der Waals surface area contributed by atoms with Crippen molar-refractivity contribution in [2.45, 2.75) is 45.4 Å². The van der Waals surface area contributed by atoms with Gasteiger partial charge in [0.1, 0.15) is 5.82 Å². The van der Waals surface area contributed by atoms with Gasteiger partial charge in [0.15, 0.2) is 0 Å². The summed E-state index contributed by atoms with van der Waals surface area (Å²) in [5, 5.41) is 2.40. The molecule has 0 saturated heterocycles. The second-order valence-electron chi connectivity index (χ2n) is 12.9. The van der Waals surface area contributed by atoms with E-state index in [4.69, 9.17) is 9.10 Å². The van der Waals surface area contributed by atoms with Gasteiger partial charge in [0.2, 0.25) is 0 Å². The third-order valence-electron chi connectivity index (χ3n) is 8.86. The molecule has 0 radical (unpaired) electrons. The standard InChI is InChI=1S/C38H38N4/c1-37(2,3)26-20-21-39-36(24-26)42-32-15-8-7-14-30(32)31-19-18-28(23-35(31)42)38(4,5)27-12-11-13-29(22-27)41-25-40(6)33-16-9-10-17-34(33)41/h7-24H,25H2,1-6H3/i6D3. The number of benzene rings is 4. The van der Waals surface area contributed by atoms with Gasteiger partial charge in [-0.2, -0.15) is 0 Å². The van der Waals surface area contributed by atoms with E-state index in [1.807, 2.05) is 30.5 Å². The molecule has 4 heteroatoms. The van der Waals surface area contributed by atoms with E-state index in [1.165, 1.54) is 26.8 Å². The molecule has 0 spiro atoms. The maximum Gasteiger partial charge on any atom is 0.137 e. The van der Waals surface area contributed by atoms with Gasteiger partial charge in [0.05, 0.1) is 29.1 Å². The van der Waals surface area contributed by atoms with Crippen molar-refractivity contribution in [3.05, 3.63) is 126 Å². The maximum absolute atomic E-state index is 8.12. The number of rotatable bonds is 4. The van der Waals surface area contributed by atoms with Gasteiger partial charge in [-0.25, -0.2) is 4.98 Å². The van der Waals surface area contributed by atoms with E-state index < -0.39 is 6.98 Å². The van der Waals surface area contributed by atoms with Crippen molar-refractivity contribution in [3.63, 3.8) is 0 Å². The lowest BCUT2D eigenvalue weighted by molar-refractivity contribution is 0.588. The highest BCUT2D eigenvalue weighted by Gasteiger charge is 2.28. The number of hydrogen-bond donors (Lipinski definition) is 0. The molecule has 42 heavy (non-hydrogen) atoms. The first-order chi connectivity index (χ1) is 21.3. The Kier molecular flexibility index (Phi) is 5.20. The number of para-hydroxylation sites is 3. The van der Waals surface area contributed by atoms with Gasteiger partial charge in [0, 0.05) is 39.2 Å². The van der Waals surface area contributed by atoms with E-state index in [9.17, 15) is 0 Å². The Morgan fingerprint density at radius 1 is 0.667 bits per heavy atom. The Morgan fingerprint density at radius 2 is 1.40 bits per heavy atom. The van der Waals surface area contributed by atoms with Crippen LogP contribution in [0.2, 0.25) is 0 Å². The van der Waals surface area contributed by atoms with E-state index in [0.717, 1.165) is 39.5 Å². The molecular formula is C38H38N4. The van der Waals surface area contributed by atoms with Crippen LogP contribution in [-0.2, 0) is 10.8 Å². The van der Waals surface area contributed by atoms with Gasteiger partial charge in [-0.1, -0.05) is 89.2 Å². The predicted molar refractivity (Wildman–Crippen MR) is 178 cm³/mol. The second-order valence-corrected chi connectivity index (χ2v) is 12.9. The highest BCUT2D eigenvalue weighted by atomic mass is 15.4. The number of anilines is 3. The first kappa shape index (κ1) is 23.0. The van der Waals surface area contributed by atoms with Crippen molar-refractivity contribution in [1.29, 1.82) is 0 Å². The third kappa shape index (κ3) is 4.16. The Bertz CT molecular complexity index is 2070. The average Bonchev–Trinajstić information content (AvgIpc) is 3.57. The van der Waals surface area contributed by atoms with E-state index in [2.05, 4.69) is 123 Å². The van der Waals surface area contributed by atoms with Gasteiger partial charge in [-0.15, -0.1) is 0 Å². The van der Waals surface area contributed by atoms with Crippen LogP contribution in [-0.4, -0.2) is 23.2 Å². The summed E-state index contributed by atoms with van der Waals surface area (Å²) in [7, 11) is 0. The molecule has 4 nitrogen and oxygen atoms in total. The number of pyridine rings is 1. The first-order valence-corrected chi connectivity index (χ1v) is 14.6. The molecule has 0 N–H and O–H groups in total. The van der Waals surface area contributed by atoms with Crippen molar-refractivity contribution in [2.75, 3.05) is 23.4 Å². The minimum absolute atomic E-state index is 0.00495. The predicted octanol–water partition coefficient (Wildman–Crippen LogP) is 9.35.